The molecule has 0 bridgehead atoms. The predicted molar refractivity (Wildman–Crippen MR) is 62.0 cm³/mol. The summed E-state index contributed by atoms with van der Waals surface area (Å²) in [5.74, 6) is -0.417. The smallest absolute Gasteiger partial charge is 0.311 e. The fourth-order valence-electron chi connectivity index (χ4n) is 1.33. The van der Waals surface area contributed by atoms with Gasteiger partial charge in [-0.3, -0.25) is 4.79 Å². The monoisotopic (exact) mass is 307 g/mol. The van der Waals surface area contributed by atoms with E-state index in [1.54, 1.807) is 13.8 Å². The number of esters is 1. The average Bonchev–Trinajstić information content (AvgIpc) is 2.22. The van der Waals surface area contributed by atoms with Crippen LogP contribution in [0.3, 0.4) is 0 Å². The molecule has 0 radical (unpaired) electrons. The van der Waals surface area contributed by atoms with Crippen LogP contribution in [0.2, 0.25) is 0 Å². The molecule has 0 aliphatic rings. The molecule has 0 spiro atoms. The molecule has 0 atom stereocenters. The van der Waals surface area contributed by atoms with Gasteiger partial charge in [0.1, 0.15) is 4.60 Å². The number of rotatable bonds is 4. The lowest BCUT2D eigenvalue weighted by Crippen LogP contribution is -2.10. The number of aryl methyl sites for hydroxylation is 1. The van der Waals surface area contributed by atoms with Gasteiger partial charge >= 0.3 is 5.97 Å². The van der Waals surface area contributed by atoms with Crippen molar-refractivity contribution in [1.29, 1.82) is 0 Å². The van der Waals surface area contributed by atoms with Gasteiger partial charge in [0, 0.05) is 0 Å². The zero-order valence-electron chi connectivity index (χ0n) is 9.47. The summed E-state index contributed by atoms with van der Waals surface area (Å²) in [6.07, 6.45) is -2.60. The number of carbonyl (C=O) groups excluding carboxylic acids is 1. The second-order valence-electron chi connectivity index (χ2n) is 3.41. The molecule has 0 saturated heterocycles. The van der Waals surface area contributed by atoms with Gasteiger partial charge in [0.25, 0.3) is 6.43 Å². The summed E-state index contributed by atoms with van der Waals surface area (Å²) < 4.78 is 30.0. The number of halogens is 3. The number of nitrogens with zero attached hydrogens (tertiary/aromatic N) is 1. The number of hydrogen-bond acceptors (Lipinski definition) is 3. The van der Waals surface area contributed by atoms with Crippen LogP contribution in [0.1, 0.15) is 30.2 Å². The second-order valence-corrected chi connectivity index (χ2v) is 4.17. The zero-order chi connectivity index (χ0) is 13.0. The highest BCUT2D eigenvalue weighted by Gasteiger charge is 2.17. The van der Waals surface area contributed by atoms with E-state index in [0.717, 1.165) is 0 Å². The lowest BCUT2D eigenvalue weighted by molar-refractivity contribution is -0.142. The van der Waals surface area contributed by atoms with Crippen molar-refractivity contribution in [2.75, 3.05) is 6.61 Å². The summed E-state index contributed by atoms with van der Waals surface area (Å²) in [6, 6.07) is 1.33. The van der Waals surface area contributed by atoms with Crippen LogP contribution < -0.4 is 0 Å². The first-order valence-electron chi connectivity index (χ1n) is 5.05. The van der Waals surface area contributed by atoms with Crippen molar-refractivity contribution in [3.05, 3.63) is 27.5 Å². The van der Waals surface area contributed by atoms with Crippen LogP contribution in [0.25, 0.3) is 0 Å². The average molecular weight is 308 g/mol. The molecule has 1 heterocycles. The third-order valence-electron chi connectivity index (χ3n) is 2.15. The zero-order valence-corrected chi connectivity index (χ0v) is 11.1. The Bertz CT molecular complexity index is 424. The first-order valence-corrected chi connectivity index (χ1v) is 5.84. The molecule has 94 valence electrons. The van der Waals surface area contributed by atoms with E-state index in [0.29, 0.717) is 11.3 Å². The van der Waals surface area contributed by atoms with Crippen LogP contribution in [-0.4, -0.2) is 17.6 Å². The fraction of sp³-hybridized carbons (Fsp3) is 0.455. The fourth-order valence-corrected chi connectivity index (χ4v) is 1.83. The third-order valence-corrected chi connectivity index (χ3v) is 2.79. The molecule has 17 heavy (non-hydrogen) atoms. The number of aromatic nitrogens is 1. The Morgan fingerprint density at radius 2 is 2.24 bits per heavy atom. The Morgan fingerprint density at radius 1 is 1.59 bits per heavy atom. The highest BCUT2D eigenvalue weighted by molar-refractivity contribution is 9.10. The minimum Gasteiger partial charge on any atom is -0.466 e. The van der Waals surface area contributed by atoms with Crippen molar-refractivity contribution >= 4 is 21.9 Å². The van der Waals surface area contributed by atoms with Gasteiger partial charge in [-0.15, -0.1) is 0 Å². The summed E-state index contributed by atoms with van der Waals surface area (Å²) in [4.78, 5) is 15.2. The second kappa shape index (κ2) is 6.05. The Labute approximate surface area is 106 Å². The van der Waals surface area contributed by atoms with Gasteiger partial charge in [-0.2, -0.15) is 0 Å². The first kappa shape index (κ1) is 14.0. The van der Waals surface area contributed by atoms with E-state index in [-0.39, 0.29) is 23.2 Å². The maximum atomic E-state index is 12.6. The highest BCUT2D eigenvalue weighted by atomic mass is 79.9. The van der Waals surface area contributed by atoms with Gasteiger partial charge in [0.2, 0.25) is 0 Å². The predicted octanol–water partition coefficient (Wildman–Crippen LogP) is 3.20. The molecule has 6 heteroatoms. The molecule has 0 aliphatic carbocycles. The Kier molecular flexibility index (Phi) is 4.99. The van der Waals surface area contributed by atoms with E-state index in [4.69, 9.17) is 4.74 Å². The molecule has 0 saturated carbocycles. The molecule has 1 aromatic heterocycles. The number of ether oxygens (including phenoxy) is 1. The van der Waals surface area contributed by atoms with Gasteiger partial charge in [0.15, 0.2) is 0 Å². The molecule has 0 amide bonds. The van der Waals surface area contributed by atoms with E-state index >= 15 is 0 Å². The van der Waals surface area contributed by atoms with Crippen LogP contribution >= 0.6 is 15.9 Å². The number of carbonyl (C=O) groups is 1. The molecule has 0 aromatic carbocycles. The largest absolute Gasteiger partial charge is 0.466 e. The van der Waals surface area contributed by atoms with Gasteiger partial charge < -0.3 is 4.74 Å². The number of pyridine rings is 1. The number of alkyl halides is 2. The minimum absolute atomic E-state index is 0.0121. The van der Waals surface area contributed by atoms with E-state index < -0.39 is 12.4 Å². The van der Waals surface area contributed by atoms with Gasteiger partial charge in [-0.25, -0.2) is 13.8 Å². The maximum absolute atomic E-state index is 12.6. The highest BCUT2D eigenvalue weighted by Crippen LogP contribution is 2.27. The molecule has 0 unspecified atom stereocenters. The van der Waals surface area contributed by atoms with Crippen LogP contribution in [0, 0.1) is 6.92 Å². The molecular formula is C11H12BrF2NO2. The Morgan fingerprint density at radius 3 is 2.76 bits per heavy atom. The van der Waals surface area contributed by atoms with Gasteiger partial charge in [0.05, 0.1) is 24.3 Å². The van der Waals surface area contributed by atoms with E-state index in [1.165, 1.54) is 6.07 Å². The lowest BCUT2D eigenvalue weighted by Gasteiger charge is -2.09. The molecule has 0 fully saturated rings. The molecule has 0 aliphatic heterocycles. The quantitative estimate of drug-likeness (QED) is 0.633. The van der Waals surface area contributed by atoms with Crippen molar-refractivity contribution in [3.8, 4) is 0 Å². The minimum atomic E-state index is -2.59. The first-order chi connectivity index (χ1) is 7.95. The molecule has 1 aromatic rings. The van der Waals surface area contributed by atoms with Crippen molar-refractivity contribution in [2.24, 2.45) is 0 Å². The van der Waals surface area contributed by atoms with Crippen molar-refractivity contribution in [2.45, 2.75) is 26.7 Å². The summed E-state index contributed by atoms with van der Waals surface area (Å²) in [5.41, 5.74) is 0.825. The number of hydrogen-bond donors (Lipinski definition) is 0. The van der Waals surface area contributed by atoms with Crippen LogP contribution in [0.5, 0.6) is 0 Å². The van der Waals surface area contributed by atoms with Gasteiger partial charge in [-0.05, 0) is 41.4 Å². The normalized spacial score (nSPS) is 10.7. The topological polar surface area (TPSA) is 39.2 Å². The van der Waals surface area contributed by atoms with E-state index in [1.807, 2.05) is 0 Å². The maximum Gasteiger partial charge on any atom is 0.311 e. The summed E-state index contributed by atoms with van der Waals surface area (Å²) >= 11 is 2.97. The standard InChI is InChI=1S/C11H12BrF2NO2/c1-3-17-9(16)5-8-6(2)4-7(11(13)14)10(12)15-8/h4,11H,3,5H2,1-2H3. The van der Waals surface area contributed by atoms with Crippen LogP contribution in [0.15, 0.2) is 10.7 Å². The Hall–Kier alpha value is -1.04. The molecule has 0 N–H and O–H groups in total. The summed E-state index contributed by atoms with van der Waals surface area (Å²) in [6.45, 7) is 3.63. The van der Waals surface area contributed by atoms with Crippen molar-refractivity contribution in [1.82, 2.24) is 4.98 Å². The summed E-state index contributed by atoms with van der Waals surface area (Å²) in [7, 11) is 0. The van der Waals surface area contributed by atoms with Crippen molar-refractivity contribution in [3.63, 3.8) is 0 Å². The van der Waals surface area contributed by atoms with Gasteiger partial charge in [-0.1, -0.05) is 0 Å². The third kappa shape index (κ3) is 3.73. The van der Waals surface area contributed by atoms with Crippen LogP contribution in [-0.2, 0) is 16.0 Å². The van der Waals surface area contributed by atoms with Crippen LogP contribution in [0.4, 0.5) is 8.78 Å². The van der Waals surface area contributed by atoms with E-state index in [2.05, 4.69) is 20.9 Å². The summed E-state index contributed by atoms with van der Waals surface area (Å²) in [5, 5.41) is 0. The van der Waals surface area contributed by atoms with Crippen molar-refractivity contribution < 1.29 is 18.3 Å². The molecule has 1 rings (SSSR count). The SMILES string of the molecule is CCOC(=O)Cc1nc(Br)c(C(F)F)cc1C. The lowest BCUT2D eigenvalue weighted by atomic mass is 10.1. The molecule has 3 nitrogen and oxygen atoms in total. The molecular weight excluding hydrogens is 296 g/mol. The van der Waals surface area contributed by atoms with E-state index in [9.17, 15) is 13.6 Å². The Balaban J connectivity index is 2.95.